The van der Waals surface area contributed by atoms with Gasteiger partial charge in [-0.05, 0) is 24.6 Å². The molecule has 1 saturated heterocycles. The fourth-order valence-electron chi connectivity index (χ4n) is 2.60. The Morgan fingerprint density at radius 1 is 1.38 bits per heavy atom. The summed E-state index contributed by atoms with van der Waals surface area (Å²) in [5, 5.41) is 3.23. The first-order valence-corrected chi connectivity index (χ1v) is 7.01. The number of likely N-dealkylation sites (N-methyl/N-ethyl adjacent to an activating group) is 1. The van der Waals surface area contributed by atoms with Gasteiger partial charge in [-0.1, -0.05) is 6.07 Å². The van der Waals surface area contributed by atoms with Crippen LogP contribution in [0.1, 0.15) is 15.9 Å². The first-order chi connectivity index (χ1) is 9.91. The number of benzene rings is 1. The van der Waals surface area contributed by atoms with E-state index in [-0.39, 0.29) is 11.9 Å². The molecule has 1 aromatic rings. The molecule has 0 aromatic heterocycles. The molecule has 0 radical (unpaired) electrons. The number of carbonyl (C=O) groups excluding carboxylic acids is 2. The third kappa shape index (κ3) is 3.16. The van der Waals surface area contributed by atoms with E-state index in [2.05, 4.69) is 5.32 Å². The van der Waals surface area contributed by atoms with Crippen molar-refractivity contribution >= 4 is 17.5 Å². The minimum absolute atomic E-state index is 0.0131. The van der Waals surface area contributed by atoms with E-state index in [9.17, 15) is 9.59 Å². The molecule has 0 aliphatic carbocycles. The number of piperazine rings is 1. The van der Waals surface area contributed by atoms with Crippen molar-refractivity contribution in [3.8, 4) is 0 Å². The third-order valence-corrected chi connectivity index (χ3v) is 3.70. The predicted molar refractivity (Wildman–Crippen MR) is 82.4 cm³/mol. The van der Waals surface area contributed by atoms with Crippen LogP contribution < -0.4 is 16.0 Å². The molecule has 21 heavy (non-hydrogen) atoms. The van der Waals surface area contributed by atoms with Crippen LogP contribution in [0, 0.1) is 6.92 Å². The van der Waals surface area contributed by atoms with Gasteiger partial charge in [-0.15, -0.1) is 0 Å². The van der Waals surface area contributed by atoms with Crippen LogP contribution in [0.4, 0.5) is 5.69 Å². The standard InChI is InChI=1S/C15H22N4O2/c1-10-4-5-11(14(16)20)12(8-10)19-7-6-17-9-13(19)15(21)18(2)3/h4-5,8,13,17H,6-7,9H2,1-3H3,(H2,16,20). The van der Waals surface area contributed by atoms with Crippen molar-refractivity contribution in [2.75, 3.05) is 38.6 Å². The summed E-state index contributed by atoms with van der Waals surface area (Å²) in [6, 6.07) is 5.18. The molecule has 0 spiro atoms. The molecule has 1 aliphatic heterocycles. The summed E-state index contributed by atoms with van der Waals surface area (Å²) in [5.74, 6) is -0.460. The van der Waals surface area contributed by atoms with E-state index in [1.165, 1.54) is 0 Å². The van der Waals surface area contributed by atoms with Crippen molar-refractivity contribution < 1.29 is 9.59 Å². The number of nitrogens with two attached hydrogens (primary N) is 1. The predicted octanol–water partition coefficient (Wildman–Crippen LogP) is -0.0397. The Balaban J connectivity index is 2.44. The average molecular weight is 290 g/mol. The Labute approximate surface area is 124 Å². The zero-order chi connectivity index (χ0) is 15.6. The van der Waals surface area contributed by atoms with E-state index in [0.29, 0.717) is 18.7 Å². The van der Waals surface area contributed by atoms with E-state index < -0.39 is 5.91 Å². The lowest BCUT2D eigenvalue weighted by atomic mass is 10.0. The normalized spacial score (nSPS) is 18.4. The van der Waals surface area contributed by atoms with Gasteiger partial charge in [-0.3, -0.25) is 9.59 Å². The highest BCUT2D eigenvalue weighted by molar-refractivity contribution is 6.00. The van der Waals surface area contributed by atoms with Crippen molar-refractivity contribution in [1.82, 2.24) is 10.2 Å². The maximum atomic E-state index is 12.4. The Bertz CT molecular complexity index is 557. The summed E-state index contributed by atoms with van der Waals surface area (Å²) < 4.78 is 0. The smallest absolute Gasteiger partial charge is 0.250 e. The molecule has 6 nitrogen and oxygen atoms in total. The highest BCUT2D eigenvalue weighted by Gasteiger charge is 2.31. The molecule has 1 unspecified atom stereocenters. The second-order valence-corrected chi connectivity index (χ2v) is 5.53. The summed E-state index contributed by atoms with van der Waals surface area (Å²) in [7, 11) is 3.47. The largest absolute Gasteiger partial charge is 0.366 e. The van der Waals surface area contributed by atoms with E-state index in [0.717, 1.165) is 17.8 Å². The summed E-state index contributed by atoms with van der Waals surface area (Å²) in [4.78, 5) is 27.6. The molecule has 2 rings (SSSR count). The molecule has 114 valence electrons. The molecule has 0 saturated carbocycles. The SMILES string of the molecule is Cc1ccc(C(N)=O)c(N2CCNCC2C(=O)N(C)C)c1. The van der Waals surface area contributed by atoms with Crippen LogP contribution in [0.2, 0.25) is 0 Å². The number of primary amides is 1. The van der Waals surface area contributed by atoms with Gasteiger partial charge in [0.25, 0.3) is 5.91 Å². The van der Waals surface area contributed by atoms with Crippen LogP contribution in [0.15, 0.2) is 18.2 Å². The molecule has 1 aromatic carbocycles. The van der Waals surface area contributed by atoms with E-state index in [1.54, 1.807) is 25.1 Å². The van der Waals surface area contributed by atoms with Gasteiger partial charge in [0, 0.05) is 33.7 Å². The zero-order valence-electron chi connectivity index (χ0n) is 12.7. The lowest BCUT2D eigenvalue weighted by Crippen LogP contribution is -2.58. The van der Waals surface area contributed by atoms with Crippen molar-refractivity contribution in [1.29, 1.82) is 0 Å². The van der Waals surface area contributed by atoms with Gasteiger partial charge in [-0.2, -0.15) is 0 Å². The zero-order valence-corrected chi connectivity index (χ0v) is 12.7. The second-order valence-electron chi connectivity index (χ2n) is 5.53. The van der Waals surface area contributed by atoms with E-state index in [1.807, 2.05) is 24.0 Å². The molecule has 1 atom stereocenters. The first-order valence-electron chi connectivity index (χ1n) is 7.01. The number of rotatable bonds is 3. The van der Waals surface area contributed by atoms with Crippen LogP contribution >= 0.6 is 0 Å². The quantitative estimate of drug-likeness (QED) is 0.819. The Morgan fingerprint density at radius 2 is 2.10 bits per heavy atom. The Hall–Kier alpha value is -2.08. The third-order valence-electron chi connectivity index (χ3n) is 3.70. The fraction of sp³-hybridized carbons (Fsp3) is 0.467. The summed E-state index contributed by atoms with van der Waals surface area (Å²) >= 11 is 0. The fourth-order valence-corrected chi connectivity index (χ4v) is 2.60. The molecule has 3 N–H and O–H groups in total. The van der Waals surface area contributed by atoms with Gasteiger partial charge >= 0.3 is 0 Å². The maximum absolute atomic E-state index is 12.4. The van der Waals surface area contributed by atoms with Crippen LogP contribution in [-0.2, 0) is 4.79 Å². The van der Waals surface area contributed by atoms with Crippen LogP contribution in [-0.4, -0.2) is 56.5 Å². The van der Waals surface area contributed by atoms with Crippen LogP contribution in [0.25, 0.3) is 0 Å². The lowest BCUT2D eigenvalue weighted by molar-refractivity contribution is -0.130. The number of aryl methyl sites for hydroxylation is 1. The Kier molecular flexibility index (Phi) is 4.47. The topological polar surface area (TPSA) is 78.7 Å². The van der Waals surface area contributed by atoms with Gasteiger partial charge in [0.15, 0.2) is 0 Å². The van der Waals surface area contributed by atoms with Gasteiger partial charge < -0.3 is 20.9 Å². The number of nitrogens with one attached hydrogen (secondary N) is 1. The van der Waals surface area contributed by atoms with Crippen LogP contribution in [0.3, 0.4) is 0 Å². The maximum Gasteiger partial charge on any atom is 0.250 e. The van der Waals surface area contributed by atoms with Gasteiger partial charge in [0.05, 0.1) is 11.3 Å². The number of hydrogen-bond donors (Lipinski definition) is 2. The number of carbonyl (C=O) groups is 2. The lowest BCUT2D eigenvalue weighted by Gasteiger charge is -2.39. The molecule has 1 fully saturated rings. The summed E-state index contributed by atoms with van der Waals surface area (Å²) in [6.45, 7) is 3.94. The minimum atomic E-state index is -0.473. The highest BCUT2D eigenvalue weighted by Crippen LogP contribution is 2.25. The van der Waals surface area contributed by atoms with Gasteiger partial charge in [-0.25, -0.2) is 0 Å². The number of anilines is 1. The number of amides is 2. The van der Waals surface area contributed by atoms with Crippen molar-refractivity contribution in [2.45, 2.75) is 13.0 Å². The van der Waals surface area contributed by atoms with E-state index >= 15 is 0 Å². The van der Waals surface area contributed by atoms with Crippen molar-refractivity contribution in [3.63, 3.8) is 0 Å². The first kappa shape index (κ1) is 15.3. The Morgan fingerprint density at radius 3 is 2.71 bits per heavy atom. The molecular formula is C15H22N4O2. The molecule has 6 heteroatoms. The summed E-state index contributed by atoms with van der Waals surface area (Å²) in [5.41, 5.74) is 7.71. The molecule has 0 bridgehead atoms. The average Bonchev–Trinajstić information content (AvgIpc) is 2.46. The molecule has 1 heterocycles. The van der Waals surface area contributed by atoms with Crippen molar-refractivity contribution in [2.24, 2.45) is 5.73 Å². The van der Waals surface area contributed by atoms with Crippen molar-refractivity contribution in [3.05, 3.63) is 29.3 Å². The van der Waals surface area contributed by atoms with Crippen LogP contribution in [0.5, 0.6) is 0 Å². The minimum Gasteiger partial charge on any atom is -0.366 e. The highest BCUT2D eigenvalue weighted by atomic mass is 16.2. The van der Waals surface area contributed by atoms with Gasteiger partial charge in [0.2, 0.25) is 5.91 Å². The monoisotopic (exact) mass is 290 g/mol. The second kappa shape index (κ2) is 6.13. The van der Waals surface area contributed by atoms with E-state index in [4.69, 9.17) is 5.73 Å². The molecular weight excluding hydrogens is 268 g/mol. The molecule has 1 aliphatic rings. The summed E-state index contributed by atoms with van der Waals surface area (Å²) in [6.07, 6.45) is 0. The van der Waals surface area contributed by atoms with Gasteiger partial charge in [0.1, 0.15) is 6.04 Å². The number of hydrogen-bond acceptors (Lipinski definition) is 4. The number of nitrogens with zero attached hydrogens (tertiary/aromatic N) is 2. The molecule has 2 amide bonds.